The second kappa shape index (κ2) is 5.65. The summed E-state index contributed by atoms with van der Waals surface area (Å²) in [5.41, 5.74) is 1.69. The zero-order chi connectivity index (χ0) is 14.8. The van der Waals surface area contributed by atoms with Crippen molar-refractivity contribution in [1.29, 1.82) is 0 Å². The lowest BCUT2D eigenvalue weighted by Crippen LogP contribution is -2.01. The molecule has 0 aliphatic carbocycles. The smallest absolute Gasteiger partial charge is 0.163 e. The second-order valence-corrected chi connectivity index (χ2v) is 5.22. The third-order valence-corrected chi connectivity index (χ3v) is 3.75. The van der Waals surface area contributed by atoms with Gasteiger partial charge in [0.15, 0.2) is 5.82 Å². The van der Waals surface area contributed by atoms with Crippen LogP contribution in [0.15, 0.2) is 41.1 Å². The molecule has 0 bridgehead atoms. The van der Waals surface area contributed by atoms with E-state index in [1.165, 1.54) is 0 Å². The standard InChI is InChI=1S/C15H13BrN4O/c1-17-15-12-11(6-5-10(16)13(12)21-2)19-14(20-15)9-4-3-7-18-8-9/h3-8H,1-2H3,(H,17,19,20). The molecule has 0 aliphatic rings. The molecule has 0 saturated heterocycles. The molecule has 0 unspecified atom stereocenters. The molecule has 0 amide bonds. The maximum absolute atomic E-state index is 5.47. The van der Waals surface area contributed by atoms with E-state index in [0.29, 0.717) is 5.82 Å². The van der Waals surface area contributed by atoms with Crippen molar-refractivity contribution in [2.24, 2.45) is 0 Å². The van der Waals surface area contributed by atoms with Gasteiger partial charge in [-0.1, -0.05) is 0 Å². The van der Waals surface area contributed by atoms with Gasteiger partial charge < -0.3 is 10.1 Å². The number of rotatable bonds is 3. The third kappa shape index (κ3) is 2.42. The fraction of sp³-hybridized carbons (Fsp3) is 0.133. The number of methoxy groups -OCH3 is 1. The van der Waals surface area contributed by atoms with Gasteiger partial charge in [0.1, 0.15) is 11.6 Å². The van der Waals surface area contributed by atoms with Crippen LogP contribution < -0.4 is 10.1 Å². The van der Waals surface area contributed by atoms with Crippen LogP contribution in [0.3, 0.4) is 0 Å². The van der Waals surface area contributed by atoms with E-state index in [9.17, 15) is 0 Å². The zero-order valence-electron chi connectivity index (χ0n) is 11.6. The summed E-state index contributed by atoms with van der Waals surface area (Å²) in [6.07, 6.45) is 3.47. The molecule has 2 heterocycles. The number of hydrogen-bond acceptors (Lipinski definition) is 5. The number of aromatic nitrogens is 3. The molecule has 1 N–H and O–H groups in total. The fourth-order valence-corrected chi connectivity index (χ4v) is 2.67. The van der Waals surface area contributed by atoms with Crippen LogP contribution in [0.4, 0.5) is 5.82 Å². The molecule has 21 heavy (non-hydrogen) atoms. The highest BCUT2D eigenvalue weighted by atomic mass is 79.9. The van der Waals surface area contributed by atoms with Crippen molar-refractivity contribution in [2.75, 3.05) is 19.5 Å². The molecule has 3 aromatic rings. The molecule has 0 aliphatic heterocycles. The van der Waals surface area contributed by atoms with Crippen LogP contribution in [-0.2, 0) is 0 Å². The Morgan fingerprint density at radius 3 is 2.71 bits per heavy atom. The van der Waals surface area contributed by atoms with Crippen LogP contribution in [0.1, 0.15) is 0 Å². The van der Waals surface area contributed by atoms with Gasteiger partial charge in [-0.25, -0.2) is 9.97 Å². The summed E-state index contributed by atoms with van der Waals surface area (Å²) >= 11 is 3.49. The molecule has 6 heteroatoms. The van der Waals surface area contributed by atoms with E-state index in [0.717, 1.165) is 32.5 Å². The Bertz CT molecular complexity index is 793. The van der Waals surface area contributed by atoms with Gasteiger partial charge in [-0.3, -0.25) is 4.98 Å². The van der Waals surface area contributed by atoms with Crippen molar-refractivity contribution in [3.8, 4) is 17.1 Å². The van der Waals surface area contributed by atoms with Gasteiger partial charge in [-0.15, -0.1) is 0 Å². The number of halogens is 1. The summed E-state index contributed by atoms with van der Waals surface area (Å²) in [6.45, 7) is 0. The molecule has 0 atom stereocenters. The Kier molecular flexibility index (Phi) is 3.70. The SMILES string of the molecule is CNc1nc(-c2cccnc2)nc2ccc(Br)c(OC)c12. The molecule has 106 valence electrons. The van der Waals surface area contributed by atoms with Gasteiger partial charge in [-0.05, 0) is 40.2 Å². The largest absolute Gasteiger partial charge is 0.495 e. The molecular weight excluding hydrogens is 332 g/mol. The van der Waals surface area contributed by atoms with Crippen LogP contribution in [0.2, 0.25) is 0 Å². The van der Waals surface area contributed by atoms with E-state index >= 15 is 0 Å². The van der Waals surface area contributed by atoms with Gasteiger partial charge >= 0.3 is 0 Å². The number of pyridine rings is 1. The summed E-state index contributed by atoms with van der Waals surface area (Å²) in [7, 11) is 3.46. The quantitative estimate of drug-likeness (QED) is 0.787. The topological polar surface area (TPSA) is 59.9 Å². The third-order valence-electron chi connectivity index (χ3n) is 3.13. The Morgan fingerprint density at radius 2 is 2.05 bits per heavy atom. The molecule has 3 rings (SSSR count). The Labute approximate surface area is 130 Å². The number of benzene rings is 1. The second-order valence-electron chi connectivity index (χ2n) is 4.36. The number of nitrogens with zero attached hydrogens (tertiary/aromatic N) is 3. The summed E-state index contributed by atoms with van der Waals surface area (Å²) in [4.78, 5) is 13.3. The number of ether oxygens (including phenoxy) is 1. The minimum Gasteiger partial charge on any atom is -0.495 e. The van der Waals surface area contributed by atoms with Crippen LogP contribution in [-0.4, -0.2) is 29.1 Å². The lowest BCUT2D eigenvalue weighted by molar-refractivity contribution is 0.417. The molecule has 0 radical (unpaired) electrons. The average Bonchev–Trinajstić information content (AvgIpc) is 2.54. The lowest BCUT2D eigenvalue weighted by Gasteiger charge is -2.12. The first kappa shape index (κ1) is 13.8. The first-order valence-electron chi connectivity index (χ1n) is 6.37. The van der Waals surface area contributed by atoms with Gasteiger partial charge in [-0.2, -0.15) is 0 Å². The molecule has 5 nitrogen and oxygen atoms in total. The molecule has 0 spiro atoms. The van der Waals surface area contributed by atoms with Crippen LogP contribution >= 0.6 is 15.9 Å². The van der Waals surface area contributed by atoms with Gasteiger partial charge in [0.25, 0.3) is 0 Å². The highest BCUT2D eigenvalue weighted by Gasteiger charge is 2.15. The van der Waals surface area contributed by atoms with E-state index in [1.54, 1.807) is 19.5 Å². The number of hydrogen-bond donors (Lipinski definition) is 1. The van der Waals surface area contributed by atoms with Gasteiger partial charge in [0, 0.05) is 25.0 Å². The van der Waals surface area contributed by atoms with E-state index in [2.05, 4.69) is 36.2 Å². The van der Waals surface area contributed by atoms with E-state index < -0.39 is 0 Å². The van der Waals surface area contributed by atoms with Crippen molar-refractivity contribution in [3.63, 3.8) is 0 Å². The molecule has 2 aromatic heterocycles. The first-order chi connectivity index (χ1) is 10.2. The first-order valence-corrected chi connectivity index (χ1v) is 7.16. The van der Waals surface area contributed by atoms with E-state index in [1.807, 2.05) is 31.3 Å². The van der Waals surface area contributed by atoms with Crippen LogP contribution in [0.25, 0.3) is 22.3 Å². The molecule has 0 saturated carbocycles. The minimum absolute atomic E-state index is 0.629. The monoisotopic (exact) mass is 344 g/mol. The van der Waals surface area contributed by atoms with Crippen LogP contribution in [0, 0.1) is 0 Å². The average molecular weight is 345 g/mol. The van der Waals surface area contributed by atoms with Crippen LogP contribution in [0.5, 0.6) is 5.75 Å². The summed E-state index contributed by atoms with van der Waals surface area (Å²) < 4.78 is 6.33. The van der Waals surface area contributed by atoms with Crippen molar-refractivity contribution in [2.45, 2.75) is 0 Å². The van der Waals surface area contributed by atoms with Crippen molar-refractivity contribution >= 4 is 32.7 Å². The highest BCUT2D eigenvalue weighted by molar-refractivity contribution is 9.10. The molecular formula is C15H13BrN4O. The maximum atomic E-state index is 5.47. The predicted molar refractivity (Wildman–Crippen MR) is 86.6 cm³/mol. The Hall–Kier alpha value is -2.21. The Morgan fingerprint density at radius 1 is 1.19 bits per heavy atom. The highest BCUT2D eigenvalue weighted by Crippen LogP contribution is 2.37. The summed E-state index contributed by atoms with van der Waals surface area (Å²) in [5.74, 6) is 2.07. The molecule has 1 aromatic carbocycles. The fourth-order valence-electron chi connectivity index (χ4n) is 2.17. The summed E-state index contributed by atoms with van der Waals surface area (Å²) in [5, 5.41) is 3.96. The predicted octanol–water partition coefficient (Wildman–Crippen LogP) is 3.50. The van der Waals surface area contributed by atoms with E-state index in [-0.39, 0.29) is 0 Å². The van der Waals surface area contributed by atoms with Gasteiger partial charge in [0.2, 0.25) is 0 Å². The van der Waals surface area contributed by atoms with Crippen molar-refractivity contribution < 1.29 is 4.74 Å². The number of fused-ring (bicyclic) bond motifs is 1. The minimum atomic E-state index is 0.629. The zero-order valence-corrected chi connectivity index (χ0v) is 13.2. The van der Waals surface area contributed by atoms with Crippen molar-refractivity contribution in [1.82, 2.24) is 15.0 Å². The number of nitrogens with one attached hydrogen (secondary N) is 1. The lowest BCUT2D eigenvalue weighted by atomic mass is 10.2. The molecule has 0 fully saturated rings. The summed E-state index contributed by atoms with van der Waals surface area (Å²) in [6, 6.07) is 7.65. The Balaban J connectivity index is 2.31. The number of anilines is 1. The maximum Gasteiger partial charge on any atom is 0.163 e. The van der Waals surface area contributed by atoms with E-state index in [4.69, 9.17) is 4.74 Å². The van der Waals surface area contributed by atoms with Crippen molar-refractivity contribution in [3.05, 3.63) is 41.1 Å². The normalized spacial score (nSPS) is 10.6. The van der Waals surface area contributed by atoms with Gasteiger partial charge in [0.05, 0.1) is 22.5 Å².